The van der Waals surface area contributed by atoms with Crippen LogP contribution in [0.4, 0.5) is 5.69 Å². The van der Waals surface area contributed by atoms with Gasteiger partial charge in [0.2, 0.25) is 0 Å². The number of hydrogen-bond donors (Lipinski definition) is 1. The van der Waals surface area contributed by atoms with E-state index in [0.29, 0.717) is 17.9 Å². The first-order valence-electron chi connectivity index (χ1n) is 9.39. The molecule has 0 fully saturated rings. The van der Waals surface area contributed by atoms with E-state index in [0.717, 1.165) is 5.75 Å². The molecule has 1 aliphatic heterocycles. The molecule has 0 bridgehead atoms. The standard InChI is InChI=1S/C14H19NO.C10H10O2/c1-5-16-11-6-7-13-12(8-11)10(2)9-14(3,4)15-13;1-8(2)10(11)12-9-6-4-3-5-7-9/h6-9,15H,5H2,1-4H3;3-7H,1H2,2H3. The van der Waals surface area contributed by atoms with Crippen LogP contribution in [0, 0.1) is 0 Å². The van der Waals surface area contributed by atoms with Gasteiger partial charge in [-0.1, -0.05) is 30.9 Å². The molecule has 148 valence electrons. The first-order valence-corrected chi connectivity index (χ1v) is 9.39. The molecule has 0 amide bonds. The normalized spacial score (nSPS) is 13.7. The van der Waals surface area contributed by atoms with Crippen molar-refractivity contribution < 1.29 is 14.3 Å². The van der Waals surface area contributed by atoms with Crippen LogP contribution in [-0.2, 0) is 4.79 Å². The van der Waals surface area contributed by atoms with Gasteiger partial charge in [0.05, 0.1) is 12.1 Å². The molecule has 4 heteroatoms. The molecule has 2 aromatic carbocycles. The third kappa shape index (κ3) is 6.02. The van der Waals surface area contributed by atoms with E-state index in [1.54, 1.807) is 31.2 Å². The molecular weight excluding hydrogens is 350 g/mol. The number of para-hydroxylation sites is 1. The molecule has 0 unspecified atom stereocenters. The maximum Gasteiger partial charge on any atom is 0.338 e. The molecule has 0 aromatic heterocycles. The van der Waals surface area contributed by atoms with Gasteiger partial charge in [-0.05, 0) is 70.5 Å². The highest BCUT2D eigenvalue weighted by molar-refractivity contribution is 5.88. The Bertz CT molecular complexity index is 867. The van der Waals surface area contributed by atoms with Crippen molar-refractivity contribution >= 4 is 17.2 Å². The lowest BCUT2D eigenvalue weighted by Gasteiger charge is -2.31. The summed E-state index contributed by atoms with van der Waals surface area (Å²) in [4.78, 5) is 11.0. The molecule has 28 heavy (non-hydrogen) atoms. The molecule has 0 saturated carbocycles. The van der Waals surface area contributed by atoms with E-state index in [1.807, 2.05) is 19.1 Å². The summed E-state index contributed by atoms with van der Waals surface area (Å²) >= 11 is 0. The fourth-order valence-corrected chi connectivity index (χ4v) is 2.90. The SMILES string of the molecule is C=C(C)C(=O)Oc1ccccc1.CCOc1ccc2c(c1)C(C)=CC(C)(C)N2. The second-order valence-electron chi connectivity index (χ2n) is 7.30. The first-order chi connectivity index (χ1) is 13.2. The minimum Gasteiger partial charge on any atom is -0.494 e. The fourth-order valence-electron chi connectivity index (χ4n) is 2.90. The van der Waals surface area contributed by atoms with Gasteiger partial charge in [0.25, 0.3) is 0 Å². The van der Waals surface area contributed by atoms with Gasteiger partial charge < -0.3 is 14.8 Å². The first kappa shape index (κ1) is 21.3. The van der Waals surface area contributed by atoms with Crippen LogP contribution < -0.4 is 14.8 Å². The Kier molecular flexibility index (Phi) is 7.05. The molecule has 2 aromatic rings. The van der Waals surface area contributed by atoms with Crippen LogP contribution >= 0.6 is 0 Å². The average molecular weight is 380 g/mol. The van der Waals surface area contributed by atoms with Crippen molar-refractivity contribution in [1.82, 2.24) is 0 Å². The maximum atomic E-state index is 11.0. The Morgan fingerprint density at radius 3 is 2.39 bits per heavy atom. The van der Waals surface area contributed by atoms with Gasteiger partial charge in [0.1, 0.15) is 11.5 Å². The van der Waals surface area contributed by atoms with Crippen molar-refractivity contribution in [2.24, 2.45) is 0 Å². The Morgan fingerprint density at radius 2 is 1.79 bits per heavy atom. The molecular formula is C24H29NO3. The summed E-state index contributed by atoms with van der Waals surface area (Å²) in [5, 5.41) is 3.50. The van der Waals surface area contributed by atoms with E-state index >= 15 is 0 Å². The monoisotopic (exact) mass is 379 g/mol. The summed E-state index contributed by atoms with van der Waals surface area (Å²) in [5.74, 6) is 1.10. The van der Waals surface area contributed by atoms with Gasteiger partial charge in [0.15, 0.2) is 0 Å². The number of hydrogen-bond acceptors (Lipinski definition) is 4. The van der Waals surface area contributed by atoms with Crippen LogP contribution in [0.2, 0.25) is 0 Å². The minimum atomic E-state index is -0.388. The van der Waals surface area contributed by atoms with E-state index in [1.165, 1.54) is 16.8 Å². The topological polar surface area (TPSA) is 47.6 Å². The molecule has 0 radical (unpaired) electrons. The molecule has 4 nitrogen and oxygen atoms in total. The van der Waals surface area contributed by atoms with Crippen LogP contribution in [0.1, 0.15) is 40.2 Å². The van der Waals surface area contributed by atoms with Crippen LogP contribution in [0.3, 0.4) is 0 Å². The van der Waals surface area contributed by atoms with Crippen molar-refractivity contribution in [3.8, 4) is 11.5 Å². The molecule has 0 spiro atoms. The zero-order chi connectivity index (χ0) is 20.7. The number of fused-ring (bicyclic) bond motifs is 1. The number of anilines is 1. The van der Waals surface area contributed by atoms with Crippen LogP contribution in [0.5, 0.6) is 11.5 Å². The lowest BCUT2D eigenvalue weighted by atomic mass is 9.91. The molecule has 0 saturated heterocycles. The Balaban J connectivity index is 0.000000209. The van der Waals surface area contributed by atoms with Crippen molar-refractivity contribution in [2.45, 2.75) is 40.2 Å². The maximum absolute atomic E-state index is 11.0. The summed E-state index contributed by atoms with van der Waals surface area (Å²) in [7, 11) is 0. The number of nitrogens with one attached hydrogen (secondary N) is 1. The Hall–Kier alpha value is -3.01. The van der Waals surface area contributed by atoms with Crippen molar-refractivity contribution in [3.05, 3.63) is 72.3 Å². The smallest absolute Gasteiger partial charge is 0.338 e. The van der Waals surface area contributed by atoms with Crippen molar-refractivity contribution in [3.63, 3.8) is 0 Å². The van der Waals surface area contributed by atoms with Gasteiger partial charge in [-0.2, -0.15) is 0 Å². The van der Waals surface area contributed by atoms with Gasteiger partial charge >= 0.3 is 5.97 Å². The van der Waals surface area contributed by atoms with Crippen molar-refractivity contribution in [2.75, 3.05) is 11.9 Å². The number of rotatable bonds is 4. The van der Waals surface area contributed by atoms with Gasteiger partial charge in [-0.15, -0.1) is 0 Å². The number of esters is 1. The lowest BCUT2D eigenvalue weighted by molar-refractivity contribution is -0.130. The Morgan fingerprint density at radius 1 is 1.11 bits per heavy atom. The predicted molar refractivity (Wildman–Crippen MR) is 116 cm³/mol. The predicted octanol–water partition coefficient (Wildman–Crippen LogP) is 5.86. The molecule has 0 aliphatic carbocycles. The highest BCUT2D eigenvalue weighted by Gasteiger charge is 2.22. The molecule has 1 N–H and O–H groups in total. The average Bonchev–Trinajstić information content (AvgIpc) is 2.63. The second kappa shape index (κ2) is 9.27. The van der Waals surface area contributed by atoms with E-state index in [4.69, 9.17) is 9.47 Å². The van der Waals surface area contributed by atoms with Gasteiger partial charge in [-0.3, -0.25) is 0 Å². The lowest BCUT2D eigenvalue weighted by Crippen LogP contribution is -2.31. The Labute approximate surface area is 167 Å². The summed E-state index contributed by atoms with van der Waals surface area (Å²) in [6.07, 6.45) is 2.26. The van der Waals surface area contributed by atoms with Crippen LogP contribution in [0.25, 0.3) is 5.57 Å². The molecule has 1 aliphatic rings. The summed E-state index contributed by atoms with van der Waals surface area (Å²) in [6, 6.07) is 15.1. The largest absolute Gasteiger partial charge is 0.494 e. The second-order valence-corrected chi connectivity index (χ2v) is 7.30. The molecule has 1 heterocycles. The third-order valence-corrected chi connectivity index (χ3v) is 4.06. The van der Waals surface area contributed by atoms with E-state index in [2.05, 4.69) is 50.9 Å². The minimum absolute atomic E-state index is 0.0320. The third-order valence-electron chi connectivity index (χ3n) is 4.06. The quantitative estimate of drug-likeness (QED) is 0.410. The van der Waals surface area contributed by atoms with Crippen LogP contribution in [0.15, 0.2) is 66.8 Å². The zero-order valence-corrected chi connectivity index (χ0v) is 17.3. The molecule has 0 atom stereocenters. The van der Waals surface area contributed by atoms with Gasteiger partial charge in [-0.25, -0.2) is 4.79 Å². The zero-order valence-electron chi connectivity index (χ0n) is 17.3. The van der Waals surface area contributed by atoms with E-state index in [9.17, 15) is 4.79 Å². The summed E-state index contributed by atoms with van der Waals surface area (Å²) in [5.41, 5.74) is 4.17. The van der Waals surface area contributed by atoms with Crippen LogP contribution in [-0.4, -0.2) is 18.1 Å². The summed E-state index contributed by atoms with van der Waals surface area (Å²) < 4.78 is 10.5. The van der Waals surface area contributed by atoms with Gasteiger partial charge in [0, 0.05) is 16.8 Å². The fraction of sp³-hybridized carbons (Fsp3) is 0.292. The van der Waals surface area contributed by atoms with E-state index < -0.39 is 0 Å². The molecule has 3 rings (SSSR count). The number of allylic oxidation sites excluding steroid dienone is 1. The number of ether oxygens (including phenoxy) is 2. The highest BCUT2D eigenvalue weighted by Crippen LogP contribution is 2.35. The number of carbonyl (C=O) groups excluding carboxylic acids is 1. The van der Waals surface area contributed by atoms with Crippen molar-refractivity contribution in [1.29, 1.82) is 0 Å². The number of benzene rings is 2. The number of carbonyl (C=O) groups is 1. The van der Waals surface area contributed by atoms with E-state index in [-0.39, 0.29) is 11.5 Å². The highest BCUT2D eigenvalue weighted by atomic mass is 16.5. The summed E-state index contributed by atoms with van der Waals surface area (Å²) in [6.45, 7) is 14.3.